The van der Waals surface area contributed by atoms with Crippen LogP contribution in [0.2, 0.25) is 0 Å². The Balaban J connectivity index is 0. The van der Waals surface area contributed by atoms with Crippen LogP contribution in [0.3, 0.4) is 0 Å². The van der Waals surface area contributed by atoms with E-state index in [9.17, 15) is 9.59 Å². The third-order valence-electron chi connectivity index (χ3n) is 1.99. The zero-order chi connectivity index (χ0) is 10.9. The van der Waals surface area contributed by atoms with Crippen molar-refractivity contribution in [2.75, 3.05) is 0 Å². The summed E-state index contributed by atoms with van der Waals surface area (Å²) in [5, 5.41) is 0. The minimum Gasteiger partial charge on any atom is -0.299 e. The van der Waals surface area contributed by atoms with E-state index >= 15 is 0 Å². The minimum absolute atomic E-state index is 0. The van der Waals surface area contributed by atoms with Crippen LogP contribution in [-0.4, -0.2) is 11.6 Å². The predicted molar refractivity (Wildman–Crippen MR) is 53.5 cm³/mol. The molecule has 0 aliphatic carbocycles. The molecule has 0 N–H and O–H groups in total. The van der Waals surface area contributed by atoms with Crippen molar-refractivity contribution >= 4 is 11.6 Å². The number of carbonyl (C=O) groups excluding carboxylic acids is 2. The van der Waals surface area contributed by atoms with Gasteiger partial charge >= 0.3 is 0 Å². The van der Waals surface area contributed by atoms with Crippen LogP contribution >= 0.6 is 0 Å². The Hall–Kier alpha value is -0.154. The number of carbonyl (C=O) groups is 2. The molecule has 0 rings (SSSR count). The molecule has 0 aromatic heterocycles. The Morgan fingerprint density at radius 1 is 0.786 bits per heavy atom. The zero-order valence-electron chi connectivity index (χ0n) is 9.86. The van der Waals surface area contributed by atoms with Crippen LogP contribution in [0.15, 0.2) is 0 Å². The van der Waals surface area contributed by atoms with Crippen molar-refractivity contribution in [3.05, 3.63) is 0 Å². The average Bonchev–Trinajstić information content (AvgIpc) is 1.82. The van der Waals surface area contributed by atoms with Gasteiger partial charge in [0, 0.05) is 27.6 Å². The summed E-state index contributed by atoms with van der Waals surface area (Å²) in [6, 6.07) is 0. The molecular formula is C11H20CoO2. The molecule has 85 valence electrons. The van der Waals surface area contributed by atoms with Crippen LogP contribution in [-0.2, 0) is 26.4 Å². The molecule has 0 heterocycles. The largest absolute Gasteiger partial charge is 0.299 e. The molecule has 0 bridgehead atoms. The maximum absolute atomic E-state index is 11.5. The van der Waals surface area contributed by atoms with Gasteiger partial charge in [-0.2, -0.15) is 0 Å². The summed E-state index contributed by atoms with van der Waals surface area (Å²) in [6.45, 7) is 11.0. The molecule has 2 nitrogen and oxygen atoms in total. The summed E-state index contributed by atoms with van der Waals surface area (Å²) in [7, 11) is 0. The number of hydrogen-bond donors (Lipinski definition) is 0. The van der Waals surface area contributed by atoms with Gasteiger partial charge < -0.3 is 0 Å². The molecule has 14 heavy (non-hydrogen) atoms. The van der Waals surface area contributed by atoms with Gasteiger partial charge in [0.15, 0.2) is 0 Å². The second-order valence-corrected chi connectivity index (χ2v) is 5.52. The molecule has 0 fully saturated rings. The molecule has 0 spiro atoms. The van der Waals surface area contributed by atoms with E-state index in [1.165, 1.54) is 0 Å². The van der Waals surface area contributed by atoms with E-state index in [1.54, 1.807) is 0 Å². The van der Waals surface area contributed by atoms with Crippen molar-refractivity contribution in [1.82, 2.24) is 0 Å². The Morgan fingerprint density at radius 3 is 1.14 bits per heavy atom. The summed E-state index contributed by atoms with van der Waals surface area (Å²) in [4.78, 5) is 23.0. The first-order valence-electron chi connectivity index (χ1n) is 4.62. The van der Waals surface area contributed by atoms with Gasteiger partial charge in [-0.25, -0.2) is 0 Å². The van der Waals surface area contributed by atoms with Gasteiger partial charge in [-0.3, -0.25) is 9.59 Å². The van der Waals surface area contributed by atoms with Crippen molar-refractivity contribution in [3.63, 3.8) is 0 Å². The van der Waals surface area contributed by atoms with E-state index in [0.29, 0.717) is 0 Å². The van der Waals surface area contributed by atoms with E-state index in [-0.39, 0.29) is 34.8 Å². The first-order chi connectivity index (χ1) is 5.55. The van der Waals surface area contributed by atoms with Crippen molar-refractivity contribution in [3.8, 4) is 0 Å². The van der Waals surface area contributed by atoms with Crippen LogP contribution in [0, 0.1) is 10.8 Å². The quantitative estimate of drug-likeness (QED) is 0.698. The summed E-state index contributed by atoms with van der Waals surface area (Å²) in [5.41, 5.74) is -0.804. The van der Waals surface area contributed by atoms with E-state index in [2.05, 4.69) is 0 Å². The molecule has 0 unspecified atom stereocenters. The molecule has 0 aromatic carbocycles. The maximum atomic E-state index is 11.5. The van der Waals surface area contributed by atoms with Gasteiger partial charge in [0.25, 0.3) is 0 Å². The second-order valence-electron chi connectivity index (χ2n) is 5.52. The van der Waals surface area contributed by atoms with Crippen LogP contribution in [0.4, 0.5) is 0 Å². The molecule has 0 atom stereocenters. The molecule has 0 saturated heterocycles. The van der Waals surface area contributed by atoms with E-state index < -0.39 is 10.8 Å². The number of ketones is 2. The monoisotopic (exact) mass is 243 g/mol. The minimum atomic E-state index is -0.402. The van der Waals surface area contributed by atoms with Crippen LogP contribution in [0.1, 0.15) is 48.0 Å². The van der Waals surface area contributed by atoms with Crippen molar-refractivity contribution in [1.29, 1.82) is 0 Å². The maximum Gasteiger partial charge on any atom is 0.145 e. The molecule has 0 amide bonds. The molecule has 0 aliphatic heterocycles. The van der Waals surface area contributed by atoms with Gasteiger partial charge in [0.2, 0.25) is 0 Å². The fraction of sp³-hybridized carbons (Fsp3) is 0.818. The molecular weight excluding hydrogens is 223 g/mol. The van der Waals surface area contributed by atoms with E-state index in [4.69, 9.17) is 0 Å². The van der Waals surface area contributed by atoms with Gasteiger partial charge in [-0.1, -0.05) is 41.5 Å². The molecule has 0 saturated carbocycles. The van der Waals surface area contributed by atoms with E-state index in [0.717, 1.165) is 0 Å². The number of Topliss-reactive ketones (excluding diaryl/α,β-unsaturated/α-hetero) is 2. The SMILES string of the molecule is CC(C)(C)C(=O)CC(=O)C(C)(C)C.[Co]. The molecule has 1 radical (unpaired) electrons. The number of hydrogen-bond acceptors (Lipinski definition) is 2. The smallest absolute Gasteiger partial charge is 0.145 e. The number of rotatable bonds is 2. The fourth-order valence-corrected chi connectivity index (χ4v) is 0.676. The fourth-order valence-electron chi connectivity index (χ4n) is 0.676. The second kappa shape index (κ2) is 5.08. The van der Waals surface area contributed by atoms with Crippen molar-refractivity contribution in [2.24, 2.45) is 10.8 Å². The first kappa shape index (κ1) is 16.3. The van der Waals surface area contributed by atoms with Crippen molar-refractivity contribution < 1.29 is 26.4 Å². The Morgan fingerprint density at radius 2 is 1.00 bits per heavy atom. The van der Waals surface area contributed by atoms with Gasteiger partial charge in [0.05, 0.1) is 6.42 Å². The first-order valence-corrected chi connectivity index (χ1v) is 4.62. The molecule has 0 aromatic rings. The van der Waals surface area contributed by atoms with E-state index in [1.807, 2.05) is 41.5 Å². The zero-order valence-corrected chi connectivity index (χ0v) is 10.9. The average molecular weight is 243 g/mol. The van der Waals surface area contributed by atoms with Gasteiger partial charge in [0.1, 0.15) is 11.6 Å². The van der Waals surface area contributed by atoms with Crippen LogP contribution < -0.4 is 0 Å². The topological polar surface area (TPSA) is 34.1 Å². The third kappa shape index (κ3) is 5.55. The summed E-state index contributed by atoms with van der Waals surface area (Å²) >= 11 is 0. The summed E-state index contributed by atoms with van der Waals surface area (Å²) in [5.74, 6) is 0.0415. The van der Waals surface area contributed by atoms with Gasteiger partial charge in [-0.15, -0.1) is 0 Å². The Kier molecular flexibility index (Phi) is 5.90. The standard InChI is InChI=1S/C11H20O2.Co/c1-10(2,3)8(12)7-9(13)11(4,5)6;/h7H2,1-6H3;. The molecule has 3 heteroatoms. The summed E-state index contributed by atoms with van der Waals surface area (Å²) < 4.78 is 0. The molecule has 0 aliphatic rings. The normalized spacial score (nSPS) is 11.9. The van der Waals surface area contributed by atoms with Crippen LogP contribution in [0.5, 0.6) is 0 Å². The Bertz CT molecular complexity index is 194. The predicted octanol–water partition coefficient (Wildman–Crippen LogP) is 2.60. The van der Waals surface area contributed by atoms with Crippen molar-refractivity contribution in [2.45, 2.75) is 48.0 Å². The summed E-state index contributed by atoms with van der Waals surface area (Å²) in [6.07, 6.45) is 0.0625. The third-order valence-corrected chi connectivity index (χ3v) is 1.99. The van der Waals surface area contributed by atoms with Gasteiger partial charge in [-0.05, 0) is 0 Å². The van der Waals surface area contributed by atoms with Crippen LogP contribution in [0.25, 0.3) is 0 Å². The Labute approximate surface area is 97.0 Å².